The lowest BCUT2D eigenvalue weighted by Gasteiger charge is -2.31. The molecule has 0 saturated carbocycles. The van der Waals surface area contributed by atoms with Crippen LogP contribution in [0.4, 0.5) is 5.88 Å². The van der Waals surface area contributed by atoms with Gasteiger partial charge in [0.25, 0.3) is 5.91 Å². The van der Waals surface area contributed by atoms with E-state index in [2.05, 4.69) is 0 Å². The van der Waals surface area contributed by atoms with E-state index < -0.39 is 22.8 Å². The minimum absolute atomic E-state index is 0.0831. The lowest BCUT2D eigenvalue weighted by atomic mass is 10.2. The summed E-state index contributed by atoms with van der Waals surface area (Å²) < 4.78 is 10.0. The molecule has 0 radical (unpaired) electrons. The van der Waals surface area contributed by atoms with Crippen molar-refractivity contribution in [2.24, 2.45) is 0 Å². The van der Waals surface area contributed by atoms with Crippen LogP contribution in [0.25, 0.3) is 0 Å². The molecule has 98 valence electrons. The molecule has 8 heteroatoms. The molecule has 1 amide bonds. The maximum absolute atomic E-state index is 12.0. The zero-order chi connectivity index (χ0) is 13.1. The highest BCUT2D eigenvalue weighted by Crippen LogP contribution is 2.18. The average molecular weight is 256 g/mol. The molecule has 8 nitrogen and oxygen atoms in total. The van der Waals surface area contributed by atoms with Crippen molar-refractivity contribution < 1.29 is 24.0 Å². The van der Waals surface area contributed by atoms with Crippen LogP contribution in [-0.4, -0.2) is 53.2 Å². The van der Waals surface area contributed by atoms with Gasteiger partial charge in [-0.2, -0.15) is 0 Å². The van der Waals surface area contributed by atoms with Crippen LogP contribution >= 0.6 is 0 Å². The Kier molecular flexibility index (Phi) is 3.58. The number of aliphatic hydroxyl groups is 1. The first-order valence-corrected chi connectivity index (χ1v) is 5.37. The minimum atomic E-state index is -0.702. The Labute approximate surface area is 102 Å². The molecule has 0 bridgehead atoms. The molecule has 1 aromatic rings. The van der Waals surface area contributed by atoms with Crippen LogP contribution in [-0.2, 0) is 4.74 Å². The highest BCUT2D eigenvalue weighted by atomic mass is 16.6. The van der Waals surface area contributed by atoms with Gasteiger partial charge in [-0.3, -0.25) is 14.9 Å². The summed E-state index contributed by atoms with van der Waals surface area (Å²) >= 11 is 0. The van der Waals surface area contributed by atoms with Crippen LogP contribution in [0, 0.1) is 10.1 Å². The fourth-order valence-corrected chi connectivity index (χ4v) is 1.71. The van der Waals surface area contributed by atoms with Gasteiger partial charge >= 0.3 is 5.88 Å². The van der Waals surface area contributed by atoms with Crippen LogP contribution in [0.1, 0.15) is 10.6 Å². The summed E-state index contributed by atoms with van der Waals surface area (Å²) in [4.78, 5) is 23.2. The Bertz CT molecular complexity index is 457. The van der Waals surface area contributed by atoms with Gasteiger partial charge in [0, 0.05) is 13.1 Å². The zero-order valence-electron chi connectivity index (χ0n) is 9.44. The molecule has 2 rings (SSSR count). The number of rotatable bonds is 3. The summed E-state index contributed by atoms with van der Waals surface area (Å²) in [7, 11) is 0. The monoisotopic (exact) mass is 256 g/mol. The third kappa shape index (κ3) is 2.49. The summed E-state index contributed by atoms with van der Waals surface area (Å²) in [5.41, 5.74) is 0. The quantitative estimate of drug-likeness (QED) is 0.603. The summed E-state index contributed by atoms with van der Waals surface area (Å²) in [5.74, 6) is -0.990. The van der Waals surface area contributed by atoms with Gasteiger partial charge in [0.15, 0.2) is 5.76 Å². The maximum atomic E-state index is 12.0. The SMILES string of the molecule is O=C(c1ccc([N+](=O)[O-])o1)N1CCOC(CO)C1. The number of carbonyl (C=O) groups excluding carboxylic acids is 1. The molecule has 2 heterocycles. The molecule has 0 spiro atoms. The van der Waals surface area contributed by atoms with Crippen LogP contribution < -0.4 is 0 Å². The largest absolute Gasteiger partial charge is 0.433 e. The van der Waals surface area contributed by atoms with Gasteiger partial charge in [-0.15, -0.1) is 0 Å². The number of carbonyl (C=O) groups is 1. The number of furan rings is 1. The molecule has 0 aliphatic carbocycles. The standard InChI is InChI=1S/C10H12N2O6/c13-6-7-5-11(3-4-17-7)10(14)8-1-2-9(18-8)12(15)16/h1-2,7,13H,3-6H2. The second kappa shape index (κ2) is 5.15. The molecule has 1 aliphatic heterocycles. The molecule has 1 N–H and O–H groups in total. The Morgan fingerprint density at radius 3 is 3.00 bits per heavy atom. The fraction of sp³-hybridized carbons (Fsp3) is 0.500. The molecule has 1 saturated heterocycles. The molecule has 1 aliphatic rings. The van der Waals surface area contributed by atoms with Crippen molar-refractivity contribution in [3.8, 4) is 0 Å². The van der Waals surface area contributed by atoms with Crippen molar-refractivity contribution in [2.75, 3.05) is 26.3 Å². The summed E-state index contributed by atoms with van der Waals surface area (Å²) in [6.07, 6.45) is -0.423. The van der Waals surface area contributed by atoms with Gasteiger partial charge in [-0.25, -0.2) is 0 Å². The van der Waals surface area contributed by atoms with E-state index >= 15 is 0 Å². The van der Waals surface area contributed by atoms with Crippen molar-refractivity contribution in [2.45, 2.75) is 6.10 Å². The lowest BCUT2D eigenvalue weighted by molar-refractivity contribution is -0.402. The molecule has 18 heavy (non-hydrogen) atoms. The minimum Gasteiger partial charge on any atom is -0.395 e. The predicted octanol–water partition coefficient (Wildman–Crippen LogP) is 0.0211. The van der Waals surface area contributed by atoms with Crippen LogP contribution in [0.2, 0.25) is 0 Å². The van der Waals surface area contributed by atoms with Gasteiger partial charge in [0.2, 0.25) is 0 Å². The van der Waals surface area contributed by atoms with Crippen molar-refractivity contribution >= 4 is 11.8 Å². The Hall–Kier alpha value is -1.93. The smallest absolute Gasteiger partial charge is 0.395 e. The third-order valence-corrected chi connectivity index (χ3v) is 2.61. The summed E-state index contributed by atoms with van der Waals surface area (Å²) in [6, 6.07) is 2.40. The van der Waals surface area contributed by atoms with E-state index in [9.17, 15) is 14.9 Å². The van der Waals surface area contributed by atoms with Gasteiger partial charge in [-0.1, -0.05) is 0 Å². The van der Waals surface area contributed by atoms with Gasteiger partial charge in [0.05, 0.1) is 25.4 Å². The van der Waals surface area contributed by atoms with E-state index in [-0.39, 0.29) is 18.9 Å². The number of hydrogen-bond acceptors (Lipinski definition) is 6. The predicted molar refractivity (Wildman–Crippen MR) is 58.1 cm³/mol. The maximum Gasteiger partial charge on any atom is 0.433 e. The van der Waals surface area contributed by atoms with E-state index in [1.165, 1.54) is 11.0 Å². The lowest BCUT2D eigenvalue weighted by Crippen LogP contribution is -2.46. The molecule has 1 atom stereocenters. The van der Waals surface area contributed by atoms with Crippen LogP contribution in [0.5, 0.6) is 0 Å². The van der Waals surface area contributed by atoms with Crippen LogP contribution in [0.3, 0.4) is 0 Å². The van der Waals surface area contributed by atoms with Crippen molar-refractivity contribution in [3.05, 3.63) is 28.0 Å². The summed E-state index contributed by atoms with van der Waals surface area (Å²) in [6.45, 7) is 0.746. The average Bonchev–Trinajstić information content (AvgIpc) is 2.87. The van der Waals surface area contributed by atoms with E-state index in [0.29, 0.717) is 13.2 Å². The molecule has 1 aromatic heterocycles. The Morgan fingerprint density at radius 2 is 2.39 bits per heavy atom. The molecular weight excluding hydrogens is 244 g/mol. The van der Waals surface area contributed by atoms with Crippen molar-refractivity contribution in [3.63, 3.8) is 0 Å². The number of amides is 1. The number of nitro groups is 1. The van der Waals surface area contributed by atoms with Gasteiger partial charge in [-0.05, 0) is 6.07 Å². The van der Waals surface area contributed by atoms with Crippen molar-refractivity contribution in [1.29, 1.82) is 0 Å². The second-order valence-corrected chi connectivity index (χ2v) is 3.82. The van der Waals surface area contributed by atoms with Crippen molar-refractivity contribution in [1.82, 2.24) is 4.90 Å². The highest BCUT2D eigenvalue weighted by Gasteiger charge is 2.27. The van der Waals surface area contributed by atoms with Gasteiger partial charge in [0.1, 0.15) is 4.92 Å². The number of ether oxygens (including phenoxy) is 1. The second-order valence-electron chi connectivity index (χ2n) is 3.82. The number of morpholine rings is 1. The van der Waals surface area contributed by atoms with E-state index in [1.54, 1.807) is 0 Å². The number of nitrogens with zero attached hydrogens (tertiary/aromatic N) is 2. The first-order chi connectivity index (χ1) is 8.61. The molecular formula is C10H12N2O6. The number of aliphatic hydroxyl groups excluding tert-OH is 1. The Morgan fingerprint density at radius 1 is 1.61 bits per heavy atom. The van der Waals surface area contributed by atoms with Gasteiger partial charge < -0.3 is 19.2 Å². The molecule has 0 aromatic carbocycles. The normalized spacial score (nSPS) is 19.8. The third-order valence-electron chi connectivity index (χ3n) is 2.61. The number of hydrogen-bond donors (Lipinski definition) is 1. The zero-order valence-corrected chi connectivity index (χ0v) is 9.44. The highest BCUT2D eigenvalue weighted by molar-refractivity contribution is 5.91. The van der Waals surface area contributed by atoms with E-state index in [1.807, 2.05) is 0 Å². The first-order valence-electron chi connectivity index (χ1n) is 5.37. The van der Waals surface area contributed by atoms with Crippen LogP contribution in [0.15, 0.2) is 16.5 Å². The first kappa shape index (κ1) is 12.5. The molecule has 1 fully saturated rings. The molecule has 1 unspecified atom stereocenters. The fourth-order valence-electron chi connectivity index (χ4n) is 1.71. The summed E-state index contributed by atoms with van der Waals surface area (Å²) in [5, 5.41) is 19.4. The Balaban J connectivity index is 2.07. The van der Waals surface area contributed by atoms with E-state index in [4.69, 9.17) is 14.3 Å². The topological polar surface area (TPSA) is 106 Å². The van der Waals surface area contributed by atoms with E-state index in [0.717, 1.165) is 6.07 Å².